The summed E-state index contributed by atoms with van der Waals surface area (Å²) in [6.07, 6.45) is 6.18. The third-order valence-corrected chi connectivity index (χ3v) is 5.83. The molecule has 1 saturated carbocycles. The molecule has 2 aromatic carbocycles. The van der Waals surface area contributed by atoms with Crippen molar-refractivity contribution in [2.45, 2.75) is 44.7 Å². The van der Waals surface area contributed by atoms with Crippen LogP contribution in [0, 0.1) is 6.92 Å². The van der Waals surface area contributed by atoms with Crippen molar-refractivity contribution in [3.8, 4) is 0 Å². The van der Waals surface area contributed by atoms with Gasteiger partial charge in [0.05, 0.1) is 17.1 Å². The van der Waals surface area contributed by atoms with Crippen LogP contribution in [0.2, 0.25) is 0 Å². The second kappa shape index (κ2) is 9.65. The van der Waals surface area contributed by atoms with Gasteiger partial charge in [-0.1, -0.05) is 49.6 Å². The number of rotatable bonds is 8. The molecule has 0 aromatic heterocycles. The van der Waals surface area contributed by atoms with Gasteiger partial charge >= 0.3 is 0 Å². The molecule has 27 heavy (non-hydrogen) atoms. The zero-order valence-electron chi connectivity index (χ0n) is 15.6. The van der Waals surface area contributed by atoms with Crippen LogP contribution in [0.3, 0.4) is 0 Å². The Morgan fingerprint density at radius 1 is 1.00 bits per heavy atom. The summed E-state index contributed by atoms with van der Waals surface area (Å²) in [6, 6.07) is 16.4. The number of benzene rings is 2. The van der Waals surface area contributed by atoms with E-state index in [1.807, 2.05) is 36.4 Å². The SMILES string of the molecule is [CH2]CN(c1ccc(NC2CCCCC2)c(NCc2ccccc2)c1)[SH](=O)=O. The van der Waals surface area contributed by atoms with Gasteiger partial charge in [0.1, 0.15) is 0 Å². The summed E-state index contributed by atoms with van der Waals surface area (Å²) < 4.78 is 24.3. The van der Waals surface area contributed by atoms with Gasteiger partial charge in [0.15, 0.2) is 0 Å². The van der Waals surface area contributed by atoms with Crippen LogP contribution < -0.4 is 14.9 Å². The van der Waals surface area contributed by atoms with E-state index in [0.29, 0.717) is 18.3 Å². The second-order valence-electron chi connectivity index (χ2n) is 6.91. The molecule has 0 spiro atoms. The van der Waals surface area contributed by atoms with E-state index < -0.39 is 10.9 Å². The van der Waals surface area contributed by atoms with Crippen LogP contribution in [0.25, 0.3) is 0 Å². The quantitative estimate of drug-likeness (QED) is 0.595. The van der Waals surface area contributed by atoms with E-state index in [4.69, 9.17) is 0 Å². The maximum absolute atomic E-state index is 11.5. The highest BCUT2D eigenvalue weighted by Gasteiger charge is 2.16. The maximum Gasteiger partial charge on any atom is 0.225 e. The van der Waals surface area contributed by atoms with Gasteiger partial charge in [-0.3, -0.25) is 4.31 Å². The second-order valence-corrected chi connectivity index (χ2v) is 7.87. The van der Waals surface area contributed by atoms with E-state index in [0.717, 1.165) is 11.4 Å². The van der Waals surface area contributed by atoms with Crippen LogP contribution in [-0.2, 0) is 17.4 Å². The van der Waals surface area contributed by atoms with E-state index in [1.165, 1.54) is 42.0 Å². The number of nitrogens with one attached hydrogen (secondary N) is 2. The molecule has 2 aromatic rings. The molecular formula is C21H28N3O2S. The van der Waals surface area contributed by atoms with Gasteiger partial charge in [-0.25, -0.2) is 8.42 Å². The Morgan fingerprint density at radius 2 is 1.74 bits per heavy atom. The smallest absolute Gasteiger partial charge is 0.225 e. The average molecular weight is 387 g/mol. The monoisotopic (exact) mass is 386 g/mol. The number of thiol groups is 1. The minimum Gasteiger partial charge on any atom is -0.381 e. The summed E-state index contributed by atoms with van der Waals surface area (Å²) >= 11 is 0. The Hall–Kier alpha value is -2.21. The van der Waals surface area contributed by atoms with Crippen molar-refractivity contribution in [1.29, 1.82) is 0 Å². The summed E-state index contributed by atoms with van der Waals surface area (Å²) in [5, 5.41) is 7.12. The van der Waals surface area contributed by atoms with Crippen LogP contribution in [0.1, 0.15) is 37.7 Å². The molecule has 1 aliphatic carbocycles. The summed E-state index contributed by atoms with van der Waals surface area (Å²) in [4.78, 5) is 0. The molecule has 0 amide bonds. The van der Waals surface area contributed by atoms with Crippen LogP contribution in [0.4, 0.5) is 17.1 Å². The van der Waals surface area contributed by atoms with Crippen molar-refractivity contribution in [3.05, 3.63) is 61.0 Å². The van der Waals surface area contributed by atoms with Crippen molar-refractivity contribution < 1.29 is 8.42 Å². The first-order valence-corrected chi connectivity index (χ1v) is 10.7. The minimum atomic E-state index is -2.71. The minimum absolute atomic E-state index is 0.173. The molecule has 0 heterocycles. The maximum atomic E-state index is 11.5. The molecule has 1 fully saturated rings. The molecule has 0 saturated heterocycles. The van der Waals surface area contributed by atoms with Gasteiger partial charge in [0.25, 0.3) is 0 Å². The molecule has 1 aliphatic rings. The molecule has 0 atom stereocenters. The lowest BCUT2D eigenvalue weighted by Crippen LogP contribution is -2.24. The summed E-state index contributed by atoms with van der Waals surface area (Å²) in [5.41, 5.74) is 3.74. The fourth-order valence-corrected chi connectivity index (χ4v) is 4.01. The van der Waals surface area contributed by atoms with Gasteiger partial charge in [0.2, 0.25) is 10.9 Å². The third-order valence-electron chi connectivity index (χ3n) is 5.00. The first-order valence-electron chi connectivity index (χ1n) is 9.57. The summed E-state index contributed by atoms with van der Waals surface area (Å²) in [6.45, 7) is 4.58. The predicted octanol–water partition coefficient (Wildman–Crippen LogP) is 4.21. The normalized spacial score (nSPS) is 14.9. The first-order chi connectivity index (χ1) is 13.2. The van der Waals surface area contributed by atoms with Crippen LogP contribution in [0.5, 0.6) is 0 Å². The van der Waals surface area contributed by atoms with Crippen molar-refractivity contribution in [2.75, 3.05) is 21.5 Å². The predicted molar refractivity (Wildman–Crippen MR) is 114 cm³/mol. The standard InChI is InChI=1S/C21H28N3O2S/c1-2-24(27(25)26)19-13-14-20(23-18-11-7-4-8-12-18)21(15-19)22-16-17-9-5-3-6-10-17/h3,5-6,9-10,13-15,18,22-23,27H,1-2,4,7-8,11-12,16H2. The highest BCUT2D eigenvalue weighted by atomic mass is 32.2. The topological polar surface area (TPSA) is 61.4 Å². The van der Waals surface area contributed by atoms with Crippen molar-refractivity contribution in [2.24, 2.45) is 0 Å². The van der Waals surface area contributed by atoms with Crippen molar-refractivity contribution in [3.63, 3.8) is 0 Å². The molecule has 0 aliphatic heterocycles. The number of hydrogen-bond donors (Lipinski definition) is 3. The summed E-state index contributed by atoms with van der Waals surface area (Å²) in [7, 11) is -2.71. The zero-order valence-corrected chi connectivity index (χ0v) is 16.5. The van der Waals surface area contributed by atoms with Gasteiger partial charge in [0, 0.05) is 19.1 Å². The largest absolute Gasteiger partial charge is 0.381 e. The Kier molecular flexibility index (Phi) is 6.98. The molecule has 0 bridgehead atoms. The van der Waals surface area contributed by atoms with Crippen molar-refractivity contribution in [1.82, 2.24) is 0 Å². The molecule has 3 rings (SSSR count). The van der Waals surface area contributed by atoms with Crippen LogP contribution in [-0.4, -0.2) is 21.0 Å². The number of anilines is 3. The molecule has 6 heteroatoms. The van der Waals surface area contributed by atoms with E-state index in [2.05, 4.69) is 29.7 Å². The summed E-state index contributed by atoms with van der Waals surface area (Å²) in [5.74, 6) is 0. The van der Waals surface area contributed by atoms with Gasteiger partial charge < -0.3 is 10.6 Å². The van der Waals surface area contributed by atoms with Crippen molar-refractivity contribution >= 4 is 28.0 Å². The highest BCUT2D eigenvalue weighted by Crippen LogP contribution is 2.31. The van der Waals surface area contributed by atoms with E-state index in [-0.39, 0.29) is 6.54 Å². The first kappa shape index (κ1) is 19.5. The Balaban J connectivity index is 1.83. The molecular weight excluding hydrogens is 358 g/mol. The Morgan fingerprint density at radius 3 is 2.41 bits per heavy atom. The Labute approximate surface area is 163 Å². The molecule has 145 valence electrons. The third kappa shape index (κ3) is 5.39. The van der Waals surface area contributed by atoms with Gasteiger partial charge in [-0.15, -0.1) is 0 Å². The average Bonchev–Trinajstić information content (AvgIpc) is 2.69. The lowest BCUT2D eigenvalue weighted by Gasteiger charge is -2.26. The molecule has 0 unspecified atom stereocenters. The number of hydrogen-bond acceptors (Lipinski definition) is 4. The lowest BCUT2D eigenvalue weighted by molar-refractivity contribution is 0.463. The fourth-order valence-electron chi connectivity index (χ4n) is 3.53. The molecule has 5 nitrogen and oxygen atoms in total. The van der Waals surface area contributed by atoms with Gasteiger partial charge in [-0.2, -0.15) is 0 Å². The molecule has 1 radical (unpaired) electrons. The van der Waals surface area contributed by atoms with Crippen LogP contribution >= 0.6 is 0 Å². The van der Waals surface area contributed by atoms with E-state index >= 15 is 0 Å². The lowest BCUT2D eigenvalue weighted by atomic mass is 9.95. The zero-order chi connectivity index (χ0) is 19.1. The highest BCUT2D eigenvalue weighted by molar-refractivity contribution is 7.74. The van der Waals surface area contributed by atoms with E-state index in [1.54, 1.807) is 0 Å². The van der Waals surface area contributed by atoms with Crippen LogP contribution in [0.15, 0.2) is 48.5 Å². The Bertz CT molecular complexity index is 794. The van der Waals surface area contributed by atoms with E-state index in [9.17, 15) is 8.42 Å². The molecule has 2 N–H and O–H groups in total. The fraction of sp³-hybridized carbons (Fsp3) is 0.381. The number of nitrogens with zero attached hydrogens (tertiary/aromatic N) is 1. The van der Waals surface area contributed by atoms with Gasteiger partial charge in [-0.05, 0) is 43.5 Å².